The summed E-state index contributed by atoms with van der Waals surface area (Å²) in [6.07, 6.45) is 6.83. The number of primary amides is 1. The SMILES string of the molecule is CCCCc1c(C)nc(N)nc1N1CCC[C@@H](CCC(N)=O)C1. The first-order valence-electron chi connectivity index (χ1n) is 8.67. The molecule has 4 N–H and O–H groups in total. The number of hydrogen-bond acceptors (Lipinski definition) is 5. The van der Waals surface area contributed by atoms with Crippen molar-refractivity contribution in [3.05, 3.63) is 11.3 Å². The number of amides is 1. The number of carbonyl (C=O) groups excluding carboxylic acids is 1. The van der Waals surface area contributed by atoms with Gasteiger partial charge >= 0.3 is 0 Å². The Morgan fingerprint density at radius 2 is 2.17 bits per heavy atom. The molecule has 1 saturated heterocycles. The van der Waals surface area contributed by atoms with Crippen LogP contribution >= 0.6 is 0 Å². The van der Waals surface area contributed by atoms with Crippen molar-refractivity contribution in [2.45, 2.75) is 58.8 Å². The van der Waals surface area contributed by atoms with Crippen LogP contribution in [-0.4, -0.2) is 29.0 Å². The van der Waals surface area contributed by atoms with Gasteiger partial charge in [-0.15, -0.1) is 0 Å². The molecule has 1 atom stereocenters. The maximum atomic E-state index is 11.0. The molecule has 6 heteroatoms. The summed E-state index contributed by atoms with van der Waals surface area (Å²) in [6.45, 7) is 6.11. The lowest BCUT2D eigenvalue weighted by Crippen LogP contribution is -2.37. The molecule has 2 heterocycles. The molecule has 0 unspecified atom stereocenters. The van der Waals surface area contributed by atoms with Crippen LogP contribution in [0.4, 0.5) is 11.8 Å². The molecule has 1 aliphatic heterocycles. The van der Waals surface area contributed by atoms with E-state index in [2.05, 4.69) is 21.8 Å². The Morgan fingerprint density at radius 3 is 2.87 bits per heavy atom. The molecule has 0 bridgehead atoms. The highest BCUT2D eigenvalue weighted by Crippen LogP contribution is 2.29. The number of nitrogens with two attached hydrogens (primary N) is 2. The van der Waals surface area contributed by atoms with Crippen LogP contribution in [0.3, 0.4) is 0 Å². The standard InChI is InChI=1S/C17H29N5O/c1-3-4-7-14-12(2)20-17(19)21-16(14)22-10-5-6-13(11-22)8-9-15(18)23/h13H,3-11H2,1-2H3,(H2,18,23)(H2,19,20,21)/t13-/m0/s1. The summed E-state index contributed by atoms with van der Waals surface area (Å²) >= 11 is 0. The van der Waals surface area contributed by atoms with E-state index >= 15 is 0 Å². The molecule has 1 aliphatic rings. The van der Waals surface area contributed by atoms with Crippen molar-refractivity contribution < 1.29 is 4.79 Å². The number of nitrogens with zero attached hydrogens (tertiary/aromatic N) is 3. The van der Waals surface area contributed by atoms with Crippen molar-refractivity contribution >= 4 is 17.7 Å². The predicted octanol–water partition coefficient (Wildman–Crippen LogP) is 2.19. The molecule has 0 saturated carbocycles. The van der Waals surface area contributed by atoms with Gasteiger partial charge in [0.1, 0.15) is 5.82 Å². The Kier molecular flexibility index (Phi) is 6.19. The van der Waals surface area contributed by atoms with Crippen LogP contribution in [0.2, 0.25) is 0 Å². The topological polar surface area (TPSA) is 98.1 Å². The third-order valence-electron chi connectivity index (χ3n) is 4.61. The molecule has 1 aromatic rings. The normalized spacial score (nSPS) is 18.2. The minimum atomic E-state index is -0.215. The van der Waals surface area contributed by atoms with Crippen LogP contribution < -0.4 is 16.4 Å². The highest BCUT2D eigenvalue weighted by atomic mass is 16.1. The second-order valence-corrected chi connectivity index (χ2v) is 6.53. The van der Waals surface area contributed by atoms with E-state index in [1.54, 1.807) is 0 Å². The summed E-state index contributed by atoms with van der Waals surface area (Å²) in [5, 5.41) is 0. The lowest BCUT2D eigenvalue weighted by atomic mass is 9.92. The number of hydrogen-bond donors (Lipinski definition) is 2. The summed E-state index contributed by atoms with van der Waals surface area (Å²) in [6, 6.07) is 0. The molecular formula is C17H29N5O. The number of aryl methyl sites for hydroxylation is 1. The lowest BCUT2D eigenvalue weighted by Gasteiger charge is -2.35. The average molecular weight is 319 g/mol. The van der Waals surface area contributed by atoms with E-state index in [0.717, 1.165) is 63.1 Å². The summed E-state index contributed by atoms with van der Waals surface area (Å²) < 4.78 is 0. The molecule has 0 aliphatic carbocycles. The zero-order valence-corrected chi connectivity index (χ0v) is 14.3. The van der Waals surface area contributed by atoms with Gasteiger partial charge in [0, 0.05) is 30.8 Å². The summed E-state index contributed by atoms with van der Waals surface area (Å²) in [5.74, 6) is 1.61. The second-order valence-electron chi connectivity index (χ2n) is 6.53. The Balaban J connectivity index is 2.17. The van der Waals surface area contributed by atoms with E-state index in [1.165, 1.54) is 5.56 Å². The number of aromatic nitrogens is 2. The van der Waals surface area contributed by atoms with Gasteiger partial charge in [0.05, 0.1) is 0 Å². The fourth-order valence-electron chi connectivity index (χ4n) is 3.35. The average Bonchev–Trinajstić information content (AvgIpc) is 2.52. The zero-order valence-electron chi connectivity index (χ0n) is 14.3. The summed E-state index contributed by atoms with van der Waals surface area (Å²) in [5.41, 5.74) is 13.4. The van der Waals surface area contributed by atoms with Crippen molar-refractivity contribution in [1.29, 1.82) is 0 Å². The highest BCUT2D eigenvalue weighted by Gasteiger charge is 2.24. The van der Waals surface area contributed by atoms with Crippen molar-refractivity contribution in [3.63, 3.8) is 0 Å². The number of rotatable bonds is 7. The molecule has 23 heavy (non-hydrogen) atoms. The molecule has 1 aromatic heterocycles. The lowest BCUT2D eigenvalue weighted by molar-refractivity contribution is -0.118. The van der Waals surface area contributed by atoms with Crippen molar-refractivity contribution in [3.8, 4) is 0 Å². The Morgan fingerprint density at radius 1 is 1.39 bits per heavy atom. The third-order valence-corrected chi connectivity index (χ3v) is 4.61. The first kappa shape index (κ1) is 17.5. The molecule has 1 amide bonds. The molecule has 2 rings (SSSR count). The van der Waals surface area contributed by atoms with E-state index < -0.39 is 0 Å². The van der Waals surface area contributed by atoms with Crippen LogP contribution in [0, 0.1) is 12.8 Å². The van der Waals surface area contributed by atoms with Gasteiger partial charge in [-0.3, -0.25) is 4.79 Å². The molecule has 0 radical (unpaired) electrons. The predicted molar refractivity (Wildman–Crippen MR) is 93.2 cm³/mol. The van der Waals surface area contributed by atoms with E-state index in [4.69, 9.17) is 11.5 Å². The third kappa shape index (κ3) is 4.81. The summed E-state index contributed by atoms with van der Waals surface area (Å²) in [4.78, 5) is 22.2. The number of anilines is 2. The van der Waals surface area contributed by atoms with Gasteiger partial charge in [-0.25, -0.2) is 4.98 Å². The van der Waals surface area contributed by atoms with E-state index in [-0.39, 0.29) is 5.91 Å². The van der Waals surface area contributed by atoms with Gasteiger partial charge in [0.25, 0.3) is 0 Å². The molecule has 0 spiro atoms. The maximum absolute atomic E-state index is 11.0. The molecule has 128 valence electrons. The van der Waals surface area contributed by atoms with Gasteiger partial charge in [-0.1, -0.05) is 13.3 Å². The van der Waals surface area contributed by atoms with E-state index in [9.17, 15) is 4.79 Å². The fourth-order valence-corrected chi connectivity index (χ4v) is 3.35. The Labute approximate surface area is 138 Å². The van der Waals surface area contributed by atoms with Crippen molar-refractivity contribution in [2.75, 3.05) is 23.7 Å². The number of carbonyl (C=O) groups is 1. The quantitative estimate of drug-likeness (QED) is 0.802. The van der Waals surface area contributed by atoms with Crippen LogP contribution in [-0.2, 0) is 11.2 Å². The second kappa shape index (κ2) is 8.13. The largest absolute Gasteiger partial charge is 0.370 e. The van der Waals surface area contributed by atoms with Crippen LogP contribution in [0.25, 0.3) is 0 Å². The Bertz CT molecular complexity index is 546. The molecule has 1 fully saturated rings. The van der Waals surface area contributed by atoms with Crippen LogP contribution in [0.1, 0.15) is 56.7 Å². The van der Waals surface area contributed by atoms with Crippen molar-refractivity contribution in [1.82, 2.24) is 9.97 Å². The van der Waals surface area contributed by atoms with Crippen molar-refractivity contribution in [2.24, 2.45) is 11.7 Å². The fraction of sp³-hybridized carbons (Fsp3) is 0.706. The highest BCUT2D eigenvalue weighted by molar-refractivity contribution is 5.73. The Hall–Kier alpha value is -1.85. The van der Waals surface area contributed by atoms with Crippen LogP contribution in [0.5, 0.6) is 0 Å². The first-order chi connectivity index (χ1) is 11.0. The molecule has 0 aromatic carbocycles. The summed E-state index contributed by atoms with van der Waals surface area (Å²) in [7, 11) is 0. The van der Waals surface area contributed by atoms with Gasteiger partial charge in [0.15, 0.2) is 0 Å². The first-order valence-corrected chi connectivity index (χ1v) is 8.67. The van der Waals surface area contributed by atoms with Crippen LogP contribution in [0.15, 0.2) is 0 Å². The molecule has 6 nitrogen and oxygen atoms in total. The number of piperidine rings is 1. The van der Waals surface area contributed by atoms with Gasteiger partial charge in [0.2, 0.25) is 11.9 Å². The number of unbranched alkanes of at least 4 members (excludes halogenated alkanes) is 1. The molecular weight excluding hydrogens is 290 g/mol. The van der Waals surface area contributed by atoms with Gasteiger partial charge in [-0.2, -0.15) is 4.98 Å². The smallest absolute Gasteiger partial charge is 0.222 e. The van der Waals surface area contributed by atoms with E-state index in [1.807, 2.05) is 6.92 Å². The maximum Gasteiger partial charge on any atom is 0.222 e. The monoisotopic (exact) mass is 319 g/mol. The van der Waals surface area contributed by atoms with E-state index in [0.29, 0.717) is 18.3 Å². The minimum Gasteiger partial charge on any atom is -0.370 e. The zero-order chi connectivity index (χ0) is 16.8. The number of nitrogen functional groups attached to an aromatic ring is 1. The minimum absolute atomic E-state index is 0.215. The van der Waals surface area contributed by atoms with Gasteiger partial charge < -0.3 is 16.4 Å². The van der Waals surface area contributed by atoms with Gasteiger partial charge in [-0.05, 0) is 44.9 Å².